The van der Waals surface area contributed by atoms with Crippen LogP contribution >= 0.6 is 0 Å². The number of hydrogen-bond acceptors (Lipinski definition) is 6. The number of benzene rings is 6. The Hall–Kier alpha value is -5.62. The van der Waals surface area contributed by atoms with Gasteiger partial charge < -0.3 is 18.9 Å². The lowest BCUT2D eigenvalue weighted by Crippen LogP contribution is -2.12. The Labute approximate surface area is 287 Å². The Bertz CT molecular complexity index is 1900. The molecule has 0 aliphatic heterocycles. The van der Waals surface area contributed by atoms with Gasteiger partial charge in [-0.1, -0.05) is 87.4 Å². The molecule has 6 aromatic rings. The van der Waals surface area contributed by atoms with Gasteiger partial charge in [0.1, 0.15) is 23.0 Å². The van der Waals surface area contributed by atoms with Crippen LogP contribution < -0.4 is 18.9 Å². The summed E-state index contributed by atoms with van der Waals surface area (Å²) in [6.07, 6.45) is 4.37. The first kappa shape index (κ1) is 33.3. The third-order valence-electron chi connectivity index (χ3n) is 8.47. The molecular weight excluding hydrogens is 612 g/mol. The van der Waals surface area contributed by atoms with Crippen molar-refractivity contribution < 1.29 is 28.5 Å². The lowest BCUT2D eigenvalue weighted by Gasteiger charge is -2.17. The fourth-order valence-corrected chi connectivity index (χ4v) is 5.73. The Morgan fingerprint density at radius 2 is 0.898 bits per heavy atom. The van der Waals surface area contributed by atoms with Gasteiger partial charge in [-0.05, 0) is 95.1 Å². The van der Waals surface area contributed by atoms with Crippen LogP contribution in [0.1, 0.15) is 71.4 Å². The summed E-state index contributed by atoms with van der Waals surface area (Å²) >= 11 is 0. The highest BCUT2D eigenvalue weighted by molar-refractivity contribution is 5.96. The minimum Gasteiger partial charge on any atom is -0.494 e. The smallest absolute Gasteiger partial charge is 0.343 e. The van der Waals surface area contributed by atoms with E-state index in [-0.39, 0.29) is 0 Å². The summed E-state index contributed by atoms with van der Waals surface area (Å²) < 4.78 is 23.7. The zero-order valence-electron chi connectivity index (χ0n) is 27.9. The highest BCUT2D eigenvalue weighted by atomic mass is 16.5. The van der Waals surface area contributed by atoms with E-state index in [9.17, 15) is 9.59 Å². The zero-order chi connectivity index (χ0) is 34.0. The molecule has 6 aromatic carbocycles. The lowest BCUT2D eigenvalue weighted by atomic mass is 9.93. The second-order valence-corrected chi connectivity index (χ2v) is 11.9. The SMILES string of the molecule is CCCCOc1ccc(C(=O)Oc2ccc3ccccc3c2Cc2c(OC(=O)c3ccc(OCCCC)cc3)ccc3ccccc23)cc1. The van der Waals surface area contributed by atoms with Crippen LogP contribution in [0.4, 0.5) is 0 Å². The summed E-state index contributed by atoms with van der Waals surface area (Å²) in [5, 5.41) is 3.89. The Kier molecular flexibility index (Phi) is 10.9. The number of unbranched alkanes of at least 4 members (excludes halogenated alkanes) is 2. The first-order chi connectivity index (χ1) is 24.0. The van der Waals surface area contributed by atoms with Crippen molar-refractivity contribution in [3.05, 3.63) is 144 Å². The third-order valence-corrected chi connectivity index (χ3v) is 8.47. The molecule has 0 aliphatic rings. The summed E-state index contributed by atoms with van der Waals surface area (Å²) in [5.74, 6) is 1.37. The van der Waals surface area contributed by atoms with Gasteiger partial charge in [-0.3, -0.25) is 0 Å². The number of fused-ring (bicyclic) bond motifs is 2. The van der Waals surface area contributed by atoms with E-state index in [1.54, 1.807) is 48.5 Å². The Morgan fingerprint density at radius 1 is 0.490 bits per heavy atom. The average molecular weight is 653 g/mol. The summed E-state index contributed by atoms with van der Waals surface area (Å²) in [6, 6.07) is 37.6. The van der Waals surface area contributed by atoms with Gasteiger partial charge in [0.15, 0.2) is 0 Å². The molecule has 0 spiro atoms. The predicted molar refractivity (Wildman–Crippen MR) is 194 cm³/mol. The van der Waals surface area contributed by atoms with Gasteiger partial charge >= 0.3 is 11.9 Å². The molecule has 6 rings (SSSR count). The van der Waals surface area contributed by atoms with Crippen molar-refractivity contribution in [1.29, 1.82) is 0 Å². The molecule has 0 saturated carbocycles. The van der Waals surface area contributed by atoms with Crippen LogP contribution in [0.3, 0.4) is 0 Å². The van der Waals surface area contributed by atoms with Gasteiger partial charge in [0.25, 0.3) is 0 Å². The minimum atomic E-state index is -0.469. The van der Waals surface area contributed by atoms with Crippen molar-refractivity contribution in [3.63, 3.8) is 0 Å². The van der Waals surface area contributed by atoms with Crippen LogP contribution in [0.15, 0.2) is 121 Å². The van der Waals surface area contributed by atoms with Crippen molar-refractivity contribution >= 4 is 33.5 Å². The van der Waals surface area contributed by atoms with Gasteiger partial charge in [0.2, 0.25) is 0 Å². The predicted octanol–water partition coefficient (Wildman–Crippen LogP) is 10.4. The molecular formula is C43H40O6. The summed E-state index contributed by atoms with van der Waals surface area (Å²) in [4.78, 5) is 26.9. The van der Waals surface area contributed by atoms with Crippen LogP contribution in [0, 0.1) is 0 Å². The maximum Gasteiger partial charge on any atom is 0.343 e. The second-order valence-electron chi connectivity index (χ2n) is 11.9. The molecule has 0 heterocycles. The molecule has 0 amide bonds. The van der Waals surface area contributed by atoms with E-state index in [1.807, 2.05) is 72.8 Å². The van der Waals surface area contributed by atoms with E-state index < -0.39 is 11.9 Å². The molecule has 49 heavy (non-hydrogen) atoms. The van der Waals surface area contributed by atoms with E-state index in [2.05, 4.69) is 13.8 Å². The first-order valence-electron chi connectivity index (χ1n) is 17.0. The fourth-order valence-electron chi connectivity index (χ4n) is 5.73. The van der Waals surface area contributed by atoms with Crippen molar-refractivity contribution in [2.75, 3.05) is 13.2 Å². The van der Waals surface area contributed by atoms with Crippen molar-refractivity contribution in [1.82, 2.24) is 0 Å². The highest BCUT2D eigenvalue weighted by Gasteiger charge is 2.20. The molecule has 0 saturated heterocycles. The van der Waals surface area contributed by atoms with E-state index in [0.717, 1.165) is 58.4 Å². The molecule has 0 atom stereocenters. The van der Waals surface area contributed by atoms with Crippen LogP contribution in [0.25, 0.3) is 21.5 Å². The van der Waals surface area contributed by atoms with Crippen molar-refractivity contribution in [2.24, 2.45) is 0 Å². The molecule has 0 N–H and O–H groups in total. The molecule has 0 unspecified atom stereocenters. The van der Waals surface area contributed by atoms with Crippen LogP contribution in [-0.4, -0.2) is 25.2 Å². The fraction of sp³-hybridized carbons (Fsp3) is 0.209. The normalized spacial score (nSPS) is 11.0. The largest absolute Gasteiger partial charge is 0.494 e. The van der Waals surface area contributed by atoms with Gasteiger partial charge in [-0.2, -0.15) is 0 Å². The minimum absolute atomic E-state index is 0.350. The maximum absolute atomic E-state index is 13.5. The summed E-state index contributed by atoms with van der Waals surface area (Å²) in [5.41, 5.74) is 2.47. The van der Waals surface area contributed by atoms with Crippen LogP contribution in [-0.2, 0) is 6.42 Å². The molecule has 248 valence electrons. The van der Waals surface area contributed by atoms with Gasteiger partial charge in [-0.15, -0.1) is 0 Å². The highest BCUT2D eigenvalue weighted by Crippen LogP contribution is 2.37. The number of esters is 2. The molecule has 0 radical (unpaired) electrons. The molecule has 0 bridgehead atoms. The number of carbonyl (C=O) groups excluding carboxylic acids is 2. The topological polar surface area (TPSA) is 71.1 Å². The maximum atomic E-state index is 13.5. The van der Waals surface area contributed by atoms with Crippen molar-refractivity contribution in [3.8, 4) is 23.0 Å². The quantitative estimate of drug-likeness (QED) is 0.0662. The molecule has 6 heteroatoms. The van der Waals surface area contributed by atoms with E-state index in [1.165, 1.54) is 0 Å². The van der Waals surface area contributed by atoms with Crippen LogP contribution in [0.5, 0.6) is 23.0 Å². The monoisotopic (exact) mass is 652 g/mol. The third kappa shape index (κ3) is 8.10. The van der Waals surface area contributed by atoms with Gasteiger partial charge in [0, 0.05) is 17.5 Å². The zero-order valence-corrected chi connectivity index (χ0v) is 27.9. The van der Waals surface area contributed by atoms with Gasteiger partial charge in [0.05, 0.1) is 24.3 Å². The van der Waals surface area contributed by atoms with Gasteiger partial charge in [-0.25, -0.2) is 9.59 Å². The Balaban J connectivity index is 1.32. The van der Waals surface area contributed by atoms with Crippen LogP contribution in [0.2, 0.25) is 0 Å². The Morgan fingerprint density at radius 3 is 1.31 bits per heavy atom. The van der Waals surface area contributed by atoms with Crippen molar-refractivity contribution in [2.45, 2.75) is 46.0 Å². The molecule has 0 aliphatic carbocycles. The van der Waals surface area contributed by atoms with E-state index in [4.69, 9.17) is 18.9 Å². The average Bonchev–Trinajstić information content (AvgIpc) is 3.14. The first-order valence-corrected chi connectivity index (χ1v) is 17.0. The number of carbonyl (C=O) groups is 2. The van der Waals surface area contributed by atoms with E-state index in [0.29, 0.717) is 53.8 Å². The molecule has 0 aromatic heterocycles. The summed E-state index contributed by atoms with van der Waals surface area (Å²) in [7, 11) is 0. The molecule has 0 fully saturated rings. The number of rotatable bonds is 14. The van der Waals surface area contributed by atoms with E-state index >= 15 is 0 Å². The molecule has 6 nitrogen and oxygen atoms in total. The summed E-state index contributed by atoms with van der Waals surface area (Å²) in [6.45, 7) is 5.49. The lowest BCUT2D eigenvalue weighted by molar-refractivity contribution is 0.0726. The standard InChI is InChI=1S/C43H40O6/c1-3-5-27-46-34-21-15-32(16-22-34)42(44)48-40-25-19-30-11-7-9-13-36(30)38(40)29-39-37-14-10-8-12-31(37)20-26-41(39)49-43(45)33-17-23-35(24-18-33)47-28-6-4-2/h7-26H,3-6,27-29H2,1-2H3. The number of ether oxygens (including phenoxy) is 4. The second kappa shape index (κ2) is 16.0. The number of hydrogen-bond donors (Lipinski definition) is 0.